The van der Waals surface area contributed by atoms with Crippen LogP contribution < -0.4 is 35.0 Å². The summed E-state index contributed by atoms with van der Waals surface area (Å²) in [6.07, 6.45) is 3.71. The molecule has 0 fully saturated rings. The smallest absolute Gasteiger partial charge is 0.336 e. The molecule has 0 spiro atoms. The number of anilines is 1. The van der Waals surface area contributed by atoms with E-state index in [2.05, 4.69) is 36.1 Å². The normalized spacial score (nSPS) is 15.8. The van der Waals surface area contributed by atoms with Crippen molar-refractivity contribution in [3.63, 3.8) is 0 Å². The first-order valence-electron chi connectivity index (χ1n) is 20.6. The Bertz CT molecular complexity index is 2820. The highest BCUT2D eigenvalue weighted by atomic mass is 32.2. The van der Waals surface area contributed by atoms with E-state index in [0.717, 1.165) is 0 Å². The van der Waals surface area contributed by atoms with Crippen LogP contribution in [0.1, 0.15) is 97.9 Å². The van der Waals surface area contributed by atoms with E-state index in [-0.39, 0.29) is 58.0 Å². The van der Waals surface area contributed by atoms with Crippen molar-refractivity contribution in [1.82, 2.24) is 9.89 Å². The Morgan fingerprint density at radius 1 is 0.889 bits per heavy atom. The summed E-state index contributed by atoms with van der Waals surface area (Å²) in [7, 11) is -5.94. The molecular weight excluding hydrogens is 851 g/mol. The molecule has 0 saturated heterocycles. The van der Waals surface area contributed by atoms with Crippen molar-refractivity contribution in [3.05, 3.63) is 109 Å². The molecule has 17 nitrogen and oxygen atoms in total. The maximum atomic E-state index is 13.4. The summed E-state index contributed by atoms with van der Waals surface area (Å²) in [5, 5.41) is 17.6. The zero-order valence-electron chi connectivity index (χ0n) is 37.0. The lowest BCUT2D eigenvalue weighted by molar-refractivity contribution is -0.894. The zero-order valence-corrected chi connectivity index (χ0v) is 38.7. The van der Waals surface area contributed by atoms with Crippen molar-refractivity contribution in [2.75, 3.05) is 63.2 Å². The summed E-state index contributed by atoms with van der Waals surface area (Å²) in [5.74, 6) is -3.03. The number of nitrogens with zero attached hydrogens (tertiary/aromatic N) is 5. The number of ether oxygens (including phenoxy) is 1. The second kappa shape index (κ2) is 18.7. The Morgan fingerprint density at radius 2 is 1.51 bits per heavy atom. The number of hydrogen-bond acceptors (Lipinski definition) is 11. The van der Waals surface area contributed by atoms with Gasteiger partial charge in [0, 0.05) is 78.1 Å². The van der Waals surface area contributed by atoms with E-state index in [0.29, 0.717) is 39.4 Å². The summed E-state index contributed by atoms with van der Waals surface area (Å²) in [5.41, 5.74) is 9.30. The van der Waals surface area contributed by atoms with Crippen LogP contribution in [0.25, 0.3) is 27.2 Å². The van der Waals surface area contributed by atoms with Gasteiger partial charge in [0.05, 0.1) is 74.1 Å². The second-order valence-electron chi connectivity index (χ2n) is 16.8. The lowest BCUT2D eigenvalue weighted by Gasteiger charge is -2.42. The van der Waals surface area contributed by atoms with Gasteiger partial charge in [-0.1, -0.05) is 11.2 Å². The third kappa shape index (κ3) is 10.8. The molecule has 338 valence electrons. The van der Waals surface area contributed by atoms with Crippen molar-refractivity contribution < 1.29 is 50.3 Å². The van der Waals surface area contributed by atoms with E-state index in [1.165, 1.54) is 37.8 Å². The molecule has 6 rings (SSSR count). The van der Waals surface area contributed by atoms with Gasteiger partial charge in [-0.15, -0.1) is 0 Å². The number of likely N-dealkylation sites (N-methyl/N-ethyl adjacent to an activating group) is 2. The Balaban J connectivity index is 0.000000985. The van der Waals surface area contributed by atoms with Crippen LogP contribution in [0.4, 0.5) is 5.69 Å². The molecule has 3 aromatic rings. The number of aromatic carboxylic acids is 1. The molecule has 0 unspecified atom stereocenters. The second-order valence-corrected chi connectivity index (χ2v) is 19.6. The highest BCUT2D eigenvalue weighted by Crippen LogP contribution is 2.46. The molecule has 63 heavy (non-hydrogen) atoms. The number of fused-ring (bicyclic) bond motifs is 4. The van der Waals surface area contributed by atoms with Crippen LogP contribution in [0.5, 0.6) is 11.5 Å². The molecule has 0 saturated carbocycles. The Labute approximate surface area is 368 Å². The summed E-state index contributed by atoms with van der Waals surface area (Å²) in [6, 6.07) is 10.6. The number of nitrogens with one attached hydrogen (secondary N) is 2. The largest absolute Gasteiger partial charge is 0.748 e. The van der Waals surface area contributed by atoms with Gasteiger partial charge in [-0.3, -0.25) is 4.79 Å². The molecule has 0 aromatic heterocycles. The summed E-state index contributed by atoms with van der Waals surface area (Å²) in [6.45, 7) is 18.2. The van der Waals surface area contributed by atoms with Crippen LogP contribution in [-0.4, -0.2) is 112 Å². The lowest BCUT2D eigenvalue weighted by atomic mass is 9.83. The van der Waals surface area contributed by atoms with Gasteiger partial charge in [0.15, 0.2) is 5.54 Å². The van der Waals surface area contributed by atoms with Crippen LogP contribution in [-0.2, 0) is 20.2 Å². The number of benzene rings is 3. The first-order chi connectivity index (χ1) is 29.4. The minimum absolute atomic E-state index is 0.0721. The van der Waals surface area contributed by atoms with E-state index in [4.69, 9.17) is 10.3 Å². The number of amides is 1. The van der Waals surface area contributed by atoms with Gasteiger partial charge in [-0.25, -0.2) is 26.2 Å². The number of carbonyl (C=O) groups excluding carboxylic acids is 1. The Morgan fingerprint density at radius 3 is 2.06 bits per heavy atom. The number of carbonyl (C=O) groups is 2. The quantitative estimate of drug-likeness (QED) is 0.0414. The maximum absolute atomic E-state index is 13.4. The van der Waals surface area contributed by atoms with Crippen molar-refractivity contribution in [3.8, 4) is 11.5 Å². The molecule has 19 heteroatoms. The number of azide groups is 1. The molecule has 1 amide bonds. The molecule has 3 aliphatic heterocycles. The van der Waals surface area contributed by atoms with Gasteiger partial charge in [0.1, 0.15) is 18.5 Å². The predicted octanol–water partition coefficient (Wildman–Crippen LogP) is 3.10. The third-order valence-electron chi connectivity index (χ3n) is 11.9. The fourth-order valence-corrected chi connectivity index (χ4v) is 9.33. The fourth-order valence-electron chi connectivity index (χ4n) is 8.09. The number of hydrogen-bond donors (Lipinski definition) is 3. The van der Waals surface area contributed by atoms with E-state index in [9.17, 15) is 40.6 Å². The van der Waals surface area contributed by atoms with Gasteiger partial charge in [-0.2, -0.15) is 0 Å². The van der Waals surface area contributed by atoms with Crippen LogP contribution >= 0.6 is 0 Å². The fraction of sp³-hybridized carbons (Fsp3) is 0.432. The lowest BCUT2D eigenvalue weighted by Crippen LogP contribution is -3.11. The SMILES string of the molecule is CC[NH+](CC)CC.CN1c2cc3c(cc2C(CS(=O)(=O)[O-])=CC1(C)C)C(c1cc(C(=O)NCCCN=[N+]=[N-])ccc1C(=O)O)=c1cc2c(cc1O3)=[N+](C)C(C)(C)C=C2CS(=O)(=O)[O-]. The van der Waals surface area contributed by atoms with Gasteiger partial charge in [0.25, 0.3) is 5.91 Å². The summed E-state index contributed by atoms with van der Waals surface area (Å²) < 4.78 is 81.6. The Kier molecular flexibility index (Phi) is 14.4. The number of carboxylic acids is 1. The monoisotopic (exact) mass is 905 g/mol. The molecule has 3 aromatic carbocycles. The molecule has 0 aliphatic carbocycles. The van der Waals surface area contributed by atoms with Gasteiger partial charge in [0.2, 0.25) is 5.36 Å². The first-order valence-corrected chi connectivity index (χ1v) is 23.7. The van der Waals surface area contributed by atoms with Gasteiger partial charge >= 0.3 is 5.97 Å². The minimum Gasteiger partial charge on any atom is -0.748 e. The van der Waals surface area contributed by atoms with Crippen molar-refractivity contribution >= 4 is 54.5 Å². The van der Waals surface area contributed by atoms with Crippen LogP contribution in [0.15, 0.2) is 59.7 Å². The molecule has 3 aliphatic rings. The zero-order chi connectivity index (χ0) is 46.8. The molecule has 3 N–H and O–H groups in total. The van der Waals surface area contributed by atoms with Crippen molar-refractivity contribution in [2.45, 2.75) is 66.0 Å². The summed E-state index contributed by atoms with van der Waals surface area (Å²) in [4.78, 5) is 32.6. The topological polar surface area (TPSA) is 249 Å². The van der Waals surface area contributed by atoms with Gasteiger partial charge in [-0.05, 0) is 99.7 Å². The predicted molar refractivity (Wildman–Crippen MR) is 240 cm³/mol. The van der Waals surface area contributed by atoms with E-state index >= 15 is 0 Å². The first kappa shape index (κ1) is 48.5. The highest BCUT2D eigenvalue weighted by Gasteiger charge is 2.37. The Hall–Kier alpha value is -5.56. The highest BCUT2D eigenvalue weighted by molar-refractivity contribution is 7.86. The molecular formula is C44H55N7O10S2. The van der Waals surface area contributed by atoms with Crippen molar-refractivity contribution in [2.24, 2.45) is 5.11 Å². The number of carboxylic acid groups (broad SMARTS) is 1. The molecule has 0 atom stereocenters. The van der Waals surface area contributed by atoms with E-state index in [1.54, 1.807) is 55.4 Å². The minimum atomic E-state index is -4.77. The number of quaternary nitrogens is 1. The maximum Gasteiger partial charge on any atom is 0.336 e. The number of rotatable bonds is 14. The van der Waals surface area contributed by atoms with Crippen LogP contribution in [0.3, 0.4) is 0 Å². The average molecular weight is 906 g/mol. The standard InChI is InChI=1S/C38H40N6O10S2.C6H15N/c1-37(2)17-22(19-55(48,49)50)25-13-28-32(15-30(25)43(37)5)54-33-16-31-26(23(20-56(51,52)53)18-38(3,4)44(31)6)14-29(33)34(28)27-12-21(8-9-24(27)36(46)47)35(45)40-10-7-11-41-42-39;1-4-7(5-2)6-3/h8-9,12-18H,7,10-11,19-20H2,1-6H3,(H3-,40,45,46,47,48,49,50,51,52,53);4-6H2,1-3H3. The summed E-state index contributed by atoms with van der Waals surface area (Å²) >= 11 is 0. The molecule has 0 radical (unpaired) electrons. The third-order valence-corrected chi connectivity index (χ3v) is 13.2. The molecule has 0 bridgehead atoms. The molecule has 3 heterocycles. The van der Waals surface area contributed by atoms with Crippen molar-refractivity contribution in [1.29, 1.82) is 0 Å². The van der Waals surface area contributed by atoms with E-state index in [1.807, 2.05) is 37.2 Å². The van der Waals surface area contributed by atoms with Crippen LogP contribution in [0.2, 0.25) is 0 Å². The van der Waals surface area contributed by atoms with E-state index < -0.39 is 54.7 Å². The van der Waals surface area contributed by atoms with Gasteiger partial charge < -0.3 is 34.1 Å². The average Bonchev–Trinajstić information content (AvgIpc) is 3.19. The van der Waals surface area contributed by atoms with Crippen LogP contribution in [0, 0.1) is 0 Å².